The van der Waals surface area contributed by atoms with E-state index in [1.54, 1.807) is 14.2 Å². The molecule has 1 N–H and O–H groups in total. The number of hydrogen-bond donors (Lipinski definition) is 1. The smallest absolute Gasteiger partial charge is 0.404 e. The van der Waals surface area contributed by atoms with Crippen molar-refractivity contribution in [1.29, 1.82) is 0 Å². The number of likely N-dealkylation sites (N-methyl/N-ethyl adjacent to an activating group) is 1. The molecule has 2 aliphatic rings. The molecule has 3 atom stereocenters. The zero-order chi connectivity index (χ0) is 28.1. The lowest BCUT2D eigenvalue weighted by Gasteiger charge is -2.38. The molecule has 0 spiro atoms. The molecule has 8 nitrogen and oxygen atoms in total. The van der Waals surface area contributed by atoms with Crippen molar-refractivity contribution in [1.82, 2.24) is 9.80 Å². The number of anilines is 1. The second-order valence-electron chi connectivity index (χ2n) is 10.7. The van der Waals surface area contributed by atoms with Crippen LogP contribution in [0.4, 0.5) is 18.9 Å². The molecule has 1 aliphatic heterocycles. The van der Waals surface area contributed by atoms with Crippen molar-refractivity contribution in [3.8, 4) is 5.75 Å². The molecule has 1 amide bonds. The number of carbonyl (C=O) groups excluding carboxylic acids is 1. The maximum Gasteiger partial charge on any atom is 0.404 e. The van der Waals surface area contributed by atoms with Crippen LogP contribution in [-0.2, 0) is 14.8 Å². The van der Waals surface area contributed by atoms with E-state index in [2.05, 4.69) is 11.8 Å². The minimum atomic E-state index is -4.89. The molecule has 1 aromatic carbocycles. The maximum atomic E-state index is 13.3. The molecule has 1 saturated carbocycles. The number of alkyl halides is 3. The van der Waals surface area contributed by atoms with Gasteiger partial charge < -0.3 is 14.4 Å². The number of nitrogens with one attached hydrogen (secondary N) is 1. The Morgan fingerprint density at radius 2 is 1.82 bits per heavy atom. The van der Waals surface area contributed by atoms with Crippen molar-refractivity contribution >= 4 is 21.6 Å². The predicted molar refractivity (Wildman–Crippen MR) is 140 cm³/mol. The molecule has 0 aromatic heterocycles. The molecule has 0 bridgehead atoms. The van der Waals surface area contributed by atoms with Gasteiger partial charge in [-0.15, -0.1) is 0 Å². The highest BCUT2D eigenvalue weighted by Crippen LogP contribution is 2.30. The van der Waals surface area contributed by atoms with Crippen LogP contribution in [-0.4, -0.2) is 88.6 Å². The highest BCUT2D eigenvalue weighted by atomic mass is 32.2. The van der Waals surface area contributed by atoms with Crippen LogP contribution in [0.2, 0.25) is 0 Å². The number of sulfonamides is 1. The van der Waals surface area contributed by atoms with E-state index >= 15 is 0 Å². The molecule has 1 fully saturated rings. The number of amides is 1. The summed E-state index contributed by atoms with van der Waals surface area (Å²) in [6.45, 7) is 6.40. The van der Waals surface area contributed by atoms with E-state index in [4.69, 9.17) is 9.47 Å². The quantitative estimate of drug-likeness (QED) is 0.553. The van der Waals surface area contributed by atoms with E-state index in [1.165, 1.54) is 55.2 Å². The largest absolute Gasteiger partial charge is 0.491 e. The van der Waals surface area contributed by atoms with Crippen LogP contribution < -0.4 is 9.46 Å². The Bertz CT molecular complexity index is 1050. The van der Waals surface area contributed by atoms with Crippen LogP contribution in [0.3, 0.4) is 0 Å². The molecule has 12 heteroatoms. The summed E-state index contributed by atoms with van der Waals surface area (Å²) in [6, 6.07) is 3.89. The van der Waals surface area contributed by atoms with Gasteiger partial charge in [-0.1, -0.05) is 26.2 Å². The van der Waals surface area contributed by atoms with Crippen LogP contribution in [0.5, 0.6) is 5.75 Å². The molecule has 1 aliphatic carbocycles. The summed E-state index contributed by atoms with van der Waals surface area (Å²) >= 11 is 0. The number of rotatable bonds is 6. The number of methoxy groups -OCH3 is 1. The van der Waals surface area contributed by atoms with Gasteiger partial charge in [0, 0.05) is 45.9 Å². The lowest BCUT2D eigenvalue weighted by Crippen LogP contribution is -2.48. The number of benzene rings is 1. The Balaban J connectivity index is 1.90. The first-order chi connectivity index (χ1) is 17.8. The molecule has 0 radical (unpaired) electrons. The van der Waals surface area contributed by atoms with Gasteiger partial charge in [-0.3, -0.25) is 14.4 Å². The van der Waals surface area contributed by atoms with Gasteiger partial charge in [0.1, 0.15) is 12.4 Å². The van der Waals surface area contributed by atoms with Crippen molar-refractivity contribution in [3.63, 3.8) is 0 Å². The number of carbonyl (C=O) groups is 1. The van der Waals surface area contributed by atoms with Gasteiger partial charge in [0.2, 0.25) is 10.0 Å². The highest BCUT2D eigenvalue weighted by molar-refractivity contribution is 7.92. The summed E-state index contributed by atoms with van der Waals surface area (Å²) in [5, 5.41) is 0. The van der Waals surface area contributed by atoms with Crippen molar-refractivity contribution in [2.75, 3.05) is 50.9 Å². The first kappa shape index (κ1) is 30.5. The predicted octanol–water partition coefficient (Wildman–Crippen LogP) is 4.38. The lowest BCUT2D eigenvalue weighted by molar-refractivity contribution is -0.106. The molecule has 216 valence electrons. The normalized spacial score (nSPS) is 25.2. The zero-order valence-electron chi connectivity index (χ0n) is 22.6. The van der Waals surface area contributed by atoms with E-state index in [-0.39, 0.29) is 47.6 Å². The van der Waals surface area contributed by atoms with Crippen molar-refractivity contribution in [2.45, 2.75) is 64.3 Å². The lowest BCUT2D eigenvalue weighted by atomic mass is 9.88. The minimum absolute atomic E-state index is 0.0254. The summed E-state index contributed by atoms with van der Waals surface area (Å²) < 4.78 is 76.0. The zero-order valence-corrected chi connectivity index (χ0v) is 23.4. The summed E-state index contributed by atoms with van der Waals surface area (Å²) in [6.07, 6.45) is 1.01. The van der Waals surface area contributed by atoms with Crippen molar-refractivity contribution in [3.05, 3.63) is 23.8 Å². The third-order valence-corrected chi connectivity index (χ3v) is 8.67. The van der Waals surface area contributed by atoms with Crippen molar-refractivity contribution < 1.29 is 35.9 Å². The maximum absolute atomic E-state index is 13.3. The molecular weight excluding hydrogens is 523 g/mol. The standard InChI is InChI=1S/C26H40F3N3O5S/c1-18-13-32(14-20-8-6-5-7-9-20)19(2)16-37-23-12-21(30-38(34,35)17-26(27,28)29)10-11-22(23)25(33)31(3)15-24(18)36-4/h10-12,18-20,24,30H,5-9,13-17H2,1-4H3/t18-,19-,24+/m1/s1. The average molecular weight is 564 g/mol. The average Bonchev–Trinajstić information content (AvgIpc) is 2.83. The van der Waals surface area contributed by atoms with Crippen LogP contribution in [0.15, 0.2) is 18.2 Å². The summed E-state index contributed by atoms with van der Waals surface area (Å²) in [4.78, 5) is 17.2. The monoisotopic (exact) mass is 563 g/mol. The van der Waals surface area contributed by atoms with Crippen LogP contribution in [0.25, 0.3) is 0 Å². The Morgan fingerprint density at radius 3 is 2.45 bits per heavy atom. The van der Waals surface area contributed by atoms with Gasteiger partial charge in [-0.05, 0) is 43.7 Å². The minimum Gasteiger partial charge on any atom is -0.491 e. The molecular formula is C26H40F3N3O5S. The van der Waals surface area contributed by atoms with Crippen LogP contribution in [0, 0.1) is 11.8 Å². The van der Waals surface area contributed by atoms with Gasteiger partial charge in [0.15, 0.2) is 5.75 Å². The molecule has 1 aromatic rings. The van der Waals surface area contributed by atoms with Gasteiger partial charge in [0.05, 0.1) is 17.4 Å². The molecule has 0 saturated heterocycles. The second kappa shape index (κ2) is 12.9. The van der Waals surface area contributed by atoms with E-state index < -0.39 is 22.0 Å². The summed E-state index contributed by atoms with van der Waals surface area (Å²) in [5.74, 6) is -1.51. The Morgan fingerprint density at radius 1 is 1.13 bits per heavy atom. The Labute approximate surface area is 223 Å². The van der Waals surface area contributed by atoms with Gasteiger partial charge in [0.25, 0.3) is 5.91 Å². The number of halogens is 3. The van der Waals surface area contributed by atoms with E-state index in [1.807, 2.05) is 11.6 Å². The van der Waals surface area contributed by atoms with Gasteiger partial charge >= 0.3 is 6.18 Å². The molecule has 1 heterocycles. The fourth-order valence-corrected chi connectivity index (χ4v) is 6.29. The number of fused-ring (bicyclic) bond motifs is 1. The fraction of sp³-hybridized carbons (Fsp3) is 0.731. The van der Waals surface area contributed by atoms with E-state index in [0.717, 1.165) is 13.1 Å². The molecule has 3 rings (SSSR count). The first-order valence-corrected chi connectivity index (χ1v) is 14.8. The Hall–Kier alpha value is -2.05. The fourth-order valence-electron chi connectivity index (χ4n) is 5.30. The van der Waals surface area contributed by atoms with Gasteiger partial charge in [-0.25, -0.2) is 8.42 Å². The Kier molecular flexibility index (Phi) is 10.3. The number of ether oxygens (including phenoxy) is 2. The third-order valence-electron chi connectivity index (χ3n) is 7.42. The van der Waals surface area contributed by atoms with Crippen LogP contribution in [0.1, 0.15) is 56.3 Å². The topological polar surface area (TPSA) is 88.2 Å². The summed E-state index contributed by atoms with van der Waals surface area (Å²) in [7, 11) is -1.40. The second-order valence-corrected chi connectivity index (χ2v) is 12.5. The SMILES string of the molecule is CO[C@H]1CN(C)C(=O)c2ccc(NS(=O)(=O)CC(F)(F)F)cc2OC[C@@H](C)N(CC2CCCCC2)C[C@H]1C. The highest BCUT2D eigenvalue weighted by Gasteiger charge is 2.35. The molecule has 38 heavy (non-hydrogen) atoms. The van der Waals surface area contributed by atoms with Crippen molar-refractivity contribution in [2.24, 2.45) is 11.8 Å². The summed E-state index contributed by atoms with van der Waals surface area (Å²) in [5.41, 5.74) is 0.0889. The number of nitrogens with zero attached hydrogens (tertiary/aromatic N) is 2. The van der Waals surface area contributed by atoms with E-state index in [9.17, 15) is 26.4 Å². The van der Waals surface area contributed by atoms with Gasteiger partial charge in [-0.2, -0.15) is 13.2 Å². The van der Waals surface area contributed by atoms with Crippen LogP contribution >= 0.6 is 0 Å². The molecule has 0 unspecified atom stereocenters. The number of hydrogen-bond acceptors (Lipinski definition) is 6. The van der Waals surface area contributed by atoms with E-state index in [0.29, 0.717) is 12.5 Å². The third kappa shape index (κ3) is 8.74. The first-order valence-electron chi connectivity index (χ1n) is 13.1.